The largest absolute Gasteiger partial charge is 0.358 e. The minimum Gasteiger partial charge on any atom is -0.358 e. The number of amides is 1. The second-order valence-electron chi connectivity index (χ2n) is 7.15. The van der Waals surface area contributed by atoms with Crippen molar-refractivity contribution in [1.82, 2.24) is 10.2 Å². The second-order valence-corrected chi connectivity index (χ2v) is 7.54. The van der Waals surface area contributed by atoms with Gasteiger partial charge in [0.25, 0.3) is 0 Å². The molecular weight excluding hydrogens is 318 g/mol. The third-order valence-electron chi connectivity index (χ3n) is 4.62. The number of carbonyl (C=O) groups excluding carboxylic acids is 1. The molecule has 1 unspecified atom stereocenters. The first kappa shape index (κ1) is 18.7. The van der Waals surface area contributed by atoms with Gasteiger partial charge < -0.3 is 15.1 Å². The summed E-state index contributed by atoms with van der Waals surface area (Å²) < 4.78 is 0. The topological polar surface area (TPSA) is 35.6 Å². The maximum Gasteiger partial charge on any atom is 0.246 e. The first-order valence-corrected chi connectivity index (χ1v) is 9.16. The molecule has 0 aliphatic carbocycles. The first-order chi connectivity index (χ1) is 11.3. The van der Waals surface area contributed by atoms with Crippen molar-refractivity contribution in [3.8, 4) is 0 Å². The van der Waals surface area contributed by atoms with Crippen LogP contribution in [-0.4, -0.2) is 40.6 Å². The van der Waals surface area contributed by atoms with Crippen LogP contribution in [0.5, 0.6) is 0 Å². The van der Waals surface area contributed by atoms with Gasteiger partial charge in [-0.2, -0.15) is 0 Å². The van der Waals surface area contributed by atoms with Crippen molar-refractivity contribution < 1.29 is 4.79 Å². The van der Waals surface area contributed by atoms with Gasteiger partial charge in [-0.15, -0.1) is 0 Å². The van der Waals surface area contributed by atoms with Crippen LogP contribution in [-0.2, 0) is 11.2 Å². The van der Waals surface area contributed by atoms with E-state index in [0.717, 1.165) is 18.5 Å². The predicted molar refractivity (Wildman–Crippen MR) is 104 cm³/mol. The third kappa shape index (κ3) is 4.26. The normalized spacial score (nSPS) is 19.8. The van der Waals surface area contributed by atoms with E-state index in [1.54, 1.807) is 0 Å². The zero-order chi connectivity index (χ0) is 17.9. The standard InChI is InChI=1S/C19H29N3OS/c1-6-15-8-10-16(11-9-15)21(7-2)17(23)13-22-14(3)12-19(4,5)20-18(22)24/h8-11,14H,6-7,12-13H2,1-5H3,(H,20,24). The maximum absolute atomic E-state index is 12.8. The summed E-state index contributed by atoms with van der Waals surface area (Å²) in [4.78, 5) is 16.7. The van der Waals surface area contributed by atoms with E-state index < -0.39 is 0 Å². The smallest absolute Gasteiger partial charge is 0.246 e. The van der Waals surface area contributed by atoms with Gasteiger partial charge in [-0.25, -0.2) is 0 Å². The highest BCUT2D eigenvalue weighted by atomic mass is 32.1. The number of thiocarbonyl (C=S) groups is 1. The molecule has 0 saturated carbocycles. The van der Waals surface area contributed by atoms with E-state index in [1.165, 1.54) is 5.56 Å². The lowest BCUT2D eigenvalue weighted by Crippen LogP contribution is -2.61. The fourth-order valence-corrected chi connectivity index (χ4v) is 3.86. The summed E-state index contributed by atoms with van der Waals surface area (Å²) in [6, 6.07) is 8.48. The number of rotatable bonds is 5. The number of carbonyl (C=O) groups is 1. The van der Waals surface area contributed by atoms with E-state index in [-0.39, 0.29) is 17.5 Å². The van der Waals surface area contributed by atoms with Crippen LogP contribution in [0.2, 0.25) is 0 Å². The van der Waals surface area contributed by atoms with Gasteiger partial charge >= 0.3 is 0 Å². The molecule has 132 valence electrons. The average Bonchev–Trinajstić information content (AvgIpc) is 2.51. The van der Waals surface area contributed by atoms with Crippen LogP contribution in [0.4, 0.5) is 5.69 Å². The van der Waals surface area contributed by atoms with Gasteiger partial charge in [0.2, 0.25) is 5.91 Å². The van der Waals surface area contributed by atoms with Gasteiger partial charge in [0.1, 0.15) is 0 Å². The lowest BCUT2D eigenvalue weighted by molar-refractivity contribution is -0.119. The Morgan fingerprint density at radius 2 is 1.96 bits per heavy atom. The molecule has 1 fully saturated rings. The van der Waals surface area contributed by atoms with Gasteiger partial charge in [0, 0.05) is 23.8 Å². The Morgan fingerprint density at radius 3 is 2.46 bits per heavy atom. The number of benzene rings is 1. The Kier molecular flexibility index (Phi) is 5.86. The zero-order valence-corrected chi connectivity index (χ0v) is 16.2. The van der Waals surface area contributed by atoms with Gasteiger partial charge in [-0.05, 0) is 70.5 Å². The Bertz CT molecular complexity index is 597. The molecule has 1 aromatic rings. The van der Waals surface area contributed by atoms with Gasteiger partial charge in [0.15, 0.2) is 5.11 Å². The van der Waals surface area contributed by atoms with Crippen LogP contribution < -0.4 is 10.2 Å². The van der Waals surface area contributed by atoms with Crippen molar-refractivity contribution in [3.63, 3.8) is 0 Å². The molecule has 4 nitrogen and oxygen atoms in total. The van der Waals surface area contributed by atoms with Crippen molar-refractivity contribution in [2.45, 2.75) is 59.0 Å². The highest BCUT2D eigenvalue weighted by molar-refractivity contribution is 7.80. The quantitative estimate of drug-likeness (QED) is 0.829. The van der Waals surface area contributed by atoms with Crippen LogP contribution in [0.3, 0.4) is 0 Å². The van der Waals surface area contributed by atoms with Crippen molar-refractivity contribution >= 4 is 28.9 Å². The summed E-state index contributed by atoms with van der Waals surface area (Å²) in [6.07, 6.45) is 1.96. The lowest BCUT2D eigenvalue weighted by atomic mass is 9.93. The van der Waals surface area contributed by atoms with Crippen molar-refractivity contribution in [3.05, 3.63) is 29.8 Å². The molecule has 5 heteroatoms. The minimum atomic E-state index is -0.0174. The number of likely N-dealkylation sites (N-methyl/N-ethyl adjacent to an activating group) is 1. The summed E-state index contributed by atoms with van der Waals surface area (Å²) in [5.41, 5.74) is 2.21. The summed E-state index contributed by atoms with van der Waals surface area (Å²) in [6.45, 7) is 11.5. The van der Waals surface area contributed by atoms with E-state index in [0.29, 0.717) is 18.2 Å². The van der Waals surface area contributed by atoms with Crippen LogP contribution in [0, 0.1) is 0 Å². The van der Waals surface area contributed by atoms with Crippen LogP contribution >= 0.6 is 12.2 Å². The number of aryl methyl sites for hydroxylation is 1. The maximum atomic E-state index is 12.8. The molecular formula is C19H29N3OS. The average molecular weight is 348 g/mol. The molecule has 1 aromatic carbocycles. The van der Waals surface area contributed by atoms with Crippen molar-refractivity contribution in [2.75, 3.05) is 18.0 Å². The summed E-state index contributed by atoms with van der Waals surface area (Å²) in [5.74, 6) is 0.0810. The molecule has 1 aliphatic rings. The van der Waals surface area contributed by atoms with Crippen LogP contribution in [0.25, 0.3) is 0 Å². The van der Waals surface area contributed by atoms with Crippen molar-refractivity contribution in [1.29, 1.82) is 0 Å². The highest BCUT2D eigenvalue weighted by Gasteiger charge is 2.34. The van der Waals surface area contributed by atoms with Gasteiger partial charge in [-0.3, -0.25) is 4.79 Å². The molecule has 24 heavy (non-hydrogen) atoms. The molecule has 1 atom stereocenters. The fourth-order valence-electron chi connectivity index (χ4n) is 3.33. The molecule has 2 rings (SSSR count). The molecule has 0 aromatic heterocycles. The van der Waals surface area contributed by atoms with Gasteiger partial charge in [-0.1, -0.05) is 19.1 Å². The molecule has 1 heterocycles. The SMILES string of the molecule is CCc1ccc(N(CC)C(=O)CN2C(=S)NC(C)(C)CC2C)cc1. The van der Waals surface area contributed by atoms with E-state index >= 15 is 0 Å². The zero-order valence-electron chi connectivity index (χ0n) is 15.4. The predicted octanol–water partition coefficient (Wildman–Crippen LogP) is 3.35. The summed E-state index contributed by atoms with van der Waals surface area (Å²) in [7, 11) is 0. The Labute approximate surface area is 151 Å². The van der Waals surface area contributed by atoms with E-state index in [9.17, 15) is 4.79 Å². The number of nitrogens with one attached hydrogen (secondary N) is 1. The number of nitrogens with zero attached hydrogens (tertiary/aromatic N) is 2. The lowest BCUT2D eigenvalue weighted by Gasteiger charge is -2.44. The number of hydrogen-bond acceptors (Lipinski definition) is 2. The monoisotopic (exact) mass is 347 g/mol. The molecule has 0 spiro atoms. The molecule has 0 radical (unpaired) electrons. The van der Waals surface area contributed by atoms with E-state index in [1.807, 2.05) is 28.9 Å². The Hall–Kier alpha value is -1.62. The van der Waals surface area contributed by atoms with Gasteiger partial charge in [0.05, 0.1) is 6.54 Å². The Balaban J connectivity index is 2.10. The summed E-state index contributed by atoms with van der Waals surface area (Å²) in [5, 5.41) is 4.01. The molecule has 0 bridgehead atoms. The van der Waals surface area contributed by atoms with E-state index in [2.05, 4.69) is 45.1 Å². The highest BCUT2D eigenvalue weighted by Crippen LogP contribution is 2.23. The molecule has 1 saturated heterocycles. The van der Waals surface area contributed by atoms with Crippen LogP contribution in [0.1, 0.15) is 46.6 Å². The molecule has 1 aliphatic heterocycles. The van der Waals surface area contributed by atoms with Crippen LogP contribution in [0.15, 0.2) is 24.3 Å². The summed E-state index contributed by atoms with van der Waals surface area (Å²) >= 11 is 5.49. The van der Waals surface area contributed by atoms with E-state index in [4.69, 9.17) is 12.2 Å². The first-order valence-electron chi connectivity index (χ1n) is 8.75. The third-order valence-corrected chi connectivity index (χ3v) is 4.96. The molecule has 1 amide bonds. The second kappa shape index (κ2) is 7.51. The Morgan fingerprint density at radius 1 is 1.33 bits per heavy atom. The fraction of sp³-hybridized carbons (Fsp3) is 0.579. The molecule has 1 N–H and O–H groups in total. The minimum absolute atomic E-state index is 0.0174. The van der Waals surface area contributed by atoms with Crippen molar-refractivity contribution in [2.24, 2.45) is 0 Å². The number of hydrogen-bond donors (Lipinski definition) is 1. The number of anilines is 1.